The van der Waals surface area contributed by atoms with Crippen LogP contribution in [0.15, 0.2) is 0 Å². The van der Waals surface area contributed by atoms with Crippen molar-refractivity contribution < 1.29 is 32.7 Å². The third-order valence-corrected chi connectivity index (χ3v) is 12.7. The van der Waals surface area contributed by atoms with Crippen LogP contribution in [0.5, 0.6) is 0 Å². The Labute approximate surface area is 393 Å². The average Bonchev–Trinajstić information content (AvgIpc) is 3.19. The first-order valence-corrected chi connectivity index (χ1v) is 29.0. The first kappa shape index (κ1) is 68.6. The number of hydrogen-bond acceptors (Lipinski definition) is 4. The van der Waals surface area contributed by atoms with Crippen molar-refractivity contribution in [3.05, 3.63) is 0 Å². The third-order valence-electron chi connectivity index (χ3n) is 12.7. The molecule has 7 nitrogen and oxygen atoms in total. The maximum Gasteiger partial charge on any atom is 0.0782 e. The fourth-order valence-electron chi connectivity index (χ4n) is 8.26. The molecule has 0 aromatic rings. The molecule has 0 rings (SSSR count). The number of rotatable bonds is 42. The zero-order chi connectivity index (χ0) is 47.7. The topological polar surface area (TPSA) is 86.2 Å². The molecule has 0 aromatic heterocycles. The molecule has 62 heavy (non-hydrogen) atoms. The van der Waals surface area contributed by atoms with Gasteiger partial charge in [0.2, 0.25) is 0 Å². The Hall–Kier alpha value is -0.0100. The van der Waals surface area contributed by atoms with Gasteiger partial charge in [-0.25, -0.2) is 0 Å². The van der Waals surface area contributed by atoms with Crippen LogP contribution in [0, 0.1) is 0 Å². The molecule has 0 heterocycles. The van der Waals surface area contributed by atoms with Gasteiger partial charge < -0.3 is 32.7 Å². The number of nitrogens with zero attached hydrogens (tertiary/aromatic N) is 3. The molecule has 0 spiro atoms. The third kappa shape index (κ3) is 71.6. The molecule has 0 unspecified atom stereocenters. The summed E-state index contributed by atoms with van der Waals surface area (Å²) in [5.74, 6) is 0. The second kappa shape index (κ2) is 50.4. The smallest absolute Gasteiger partial charge is 0.0782 e. The number of quaternary nitrogens is 3. The molecule has 8 heteroatoms. The highest BCUT2D eigenvalue weighted by atomic mass is 31.2. The van der Waals surface area contributed by atoms with Crippen molar-refractivity contribution in [2.75, 3.05) is 81.6 Å². The Morgan fingerprint density at radius 3 is 0.452 bits per heavy atom. The van der Waals surface area contributed by atoms with Crippen LogP contribution in [-0.4, -0.2) is 95.0 Å². The molecule has 380 valence electrons. The molecule has 0 N–H and O–H groups in total. The molecule has 0 saturated heterocycles. The molecule has 0 aliphatic rings. The molecule has 0 radical (unpaired) electrons. The summed E-state index contributed by atoms with van der Waals surface area (Å²) in [6, 6.07) is 0. The molecule has 0 saturated carbocycles. The molecule has 0 atom stereocenters. The fourth-order valence-corrected chi connectivity index (χ4v) is 8.26. The molecular weight excluding hydrogens is 786 g/mol. The normalized spacial score (nSPS) is 12.0. The Morgan fingerprint density at radius 2 is 0.339 bits per heavy atom. The van der Waals surface area contributed by atoms with Crippen LogP contribution in [0.1, 0.15) is 273 Å². The van der Waals surface area contributed by atoms with E-state index in [1.165, 1.54) is 284 Å². The summed E-state index contributed by atoms with van der Waals surface area (Å²) < 4.78 is 12.3. The van der Waals surface area contributed by atoms with E-state index in [1.807, 2.05) is 0 Å². The lowest BCUT2D eigenvalue weighted by molar-refractivity contribution is -0.890. The number of unbranched alkanes of at least 4 members (excludes halogenated alkanes) is 30. The monoisotopic (exact) mass is 906 g/mol. The summed E-state index contributed by atoms with van der Waals surface area (Å²) in [7, 11) is 9.09. The lowest BCUT2D eigenvalue weighted by atomic mass is 10.1. The summed E-state index contributed by atoms with van der Waals surface area (Å²) in [6.45, 7) is 22.0. The summed E-state index contributed by atoms with van der Waals surface area (Å²) in [4.78, 5) is 25.6. The van der Waals surface area contributed by atoms with E-state index in [-0.39, 0.29) is 0 Å². The van der Waals surface area contributed by atoms with Crippen molar-refractivity contribution in [2.45, 2.75) is 273 Å². The van der Waals surface area contributed by atoms with Crippen molar-refractivity contribution in [1.82, 2.24) is 0 Å². The molecule has 0 aliphatic heterocycles. The van der Waals surface area contributed by atoms with Gasteiger partial charge in [-0.1, -0.05) is 196 Å². The van der Waals surface area contributed by atoms with E-state index in [1.54, 1.807) is 0 Å². The van der Waals surface area contributed by atoms with Crippen LogP contribution in [-0.2, 0) is 4.57 Å². The predicted molar refractivity (Wildman–Crippen MR) is 273 cm³/mol. The molecule has 0 amide bonds. The van der Waals surface area contributed by atoms with Gasteiger partial charge in [0.15, 0.2) is 0 Å². The predicted octanol–water partition coefficient (Wildman–Crippen LogP) is 14.5. The zero-order valence-electron chi connectivity index (χ0n) is 45.1. The molecule has 0 aliphatic carbocycles. The van der Waals surface area contributed by atoms with Gasteiger partial charge in [-0.2, -0.15) is 7.82 Å². The Kier molecular flexibility index (Phi) is 55.7. The minimum absolute atomic E-state index is 1.24. The zero-order valence-corrected chi connectivity index (χ0v) is 46.0. The highest BCUT2D eigenvalue weighted by Crippen LogP contribution is 2.14. The Bertz CT molecular complexity index is 776. The van der Waals surface area contributed by atoms with Gasteiger partial charge in [0.1, 0.15) is 0 Å². The summed E-state index contributed by atoms with van der Waals surface area (Å²) in [6.07, 6.45) is 51.3. The highest BCUT2D eigenvalue weighted by molar-refractivity contribution is 7.40. The van der Waals surface area contributed by atoms with E-state index in [9.17, 15) is 0 Å². The lowest BCUT2D eigenvalue weighted by Crippen LogP contribution is -2.41. The Morgan fingerprint density at radius 1 is 0.242 bits per heavy atom. The van der Waals surface area contributed by atoms with E-state index >= 15 is 0 Å². The first-order valence-electron chi connectivity index (χ1n) is 27.6. The summed E-state index contributed by atoms with van der Waals surface area (Å²) >= 11 is 0. The maximum absolute atomic E-state index is 8.55. The first-order chi connectivity index (χ1) is 29.4. The standard InChI is InChI=1S/3C18H40N.H3O4P/c3*1-5-7-9-11-12-14-16-18-19(3,4)17-15-13-10-8-6-2;1-5(2,3)4/h3*5-18H2,1-4H3;(H3,1,2,3,4)/q3*+1;/p-3. The van der Waals surface area contributed by atoms with Gasteiger partial charge in [0.25, 0.3) is 0 Å². The van der Waals surface area contributed by atoms with Crippen LogP contribution in [0.2, 0.25) is 0 Å². The van der Waals surface area contributed by atoms with Crippen molar-refractivity contribution in [2.24, 2.45) is 0 Å². The van der Waals surface area contributed by atoms with Crippen LogP contribution < -0.4 is 14.7 Å². The van der Waals surface area contributed by atoms with Gasteiger partial charge in [0, 0.05) is 0 Å². The quantitative estimate of drug-likeness (QED) is 0.0347. The van der Waals surface area contributed by atoms with E-state index in [0.717, 1.165) is 0 Å². The van der Waals surface area contributed by atoms with Crippen LogP contribution in [0.3, 0.4) is 0 Å². The van der Waals surface area contributed by atoms with Gasteiger partial charge >= 0.3 is 0 Å². The van der Waals surface area contributed by atoms with Crippen molar-refractivity contribution in [3.63, 3.8) is 0 Å². The second-order valence-corrected chi connectivity index (χ2v) is 22.1. The molecule has 0 bridgehead atoms. The largest absolute Gasteiger partial charge is 0.822 e. The van der Waals surface area contributed by atoms with Crippen molar-refractivity contribution >= 4 is 7.82 Å². The molecule has 0 aromatic carbocycles. The van der Waals surface area contributed by atoms with E-state index in [4.69, 9.17) is 19.2 Å². The average molecular weight is 907 g/mol. The maximum atomic E-state index is 8.55. The van der Waals surface area contributed by atoms with E-state index in [2.05, 4.69) is 83.8 Å². The molecule has 0 fully saturated rings. The number of phosphoric acid groups is 1. The Balaban J connectivity index is -0.000000385. The van der Waals surface area contributed by atoms with Gasteiger partial charge in [-0.15, -0.1) is 0 Å². The second-order valence-electron chi connectivity index (χ2n) is 21.2. The van der Waals surface area contributed by atoms with Gasteiger partial charge in [0.05, 0.1) is 81.6 Å². The van der Waals surface area contributed by atoms with Crippen molar-refractivity contribution in [3.8, 4) is 0 Å². The van der Waals surface area contributed by atoms with Crippen LogP contribution in [0.4, 0.5) is 0 Å². The van der Waals surface area contributed by atoms with Gasteiger partial charge in [-0.05, 0) is 77.0 Å². The van der Waals surface area contributed by atoms with Gasteiger partial charge in [-0.3, -0.25) is 0 Å². The van der Waals surface area contributed by atoms with E-state index < -0.39 is 7.82 Å². The summed E-state index contributed by atoms with van der Waals surface area (Å²) in [5.41, 5.74) is 0. The fraction of sp³-hybridized carbons (Fsp3) is 1.00. The molecular formula is C54H120N3O4P. The minimum Gasteiger partial charge on any atom is -0.822 e. The van der Waals surface area contributed by atoms with E-state index in [0.29, 0.717) is 0 Å². The lowest BCUT2D eigenvalue weighted by Gasteiger charge is -2.36. The minimum atomic E-state index is -5.39. The highest BCUT2D eigenvalue weighted by Gasteiger charge is 2.15. The summed E-state index contributed by atoms with van der Waals surface area (Å²) in [5, 5.41) is 0. The SMILES string of the molecule is CCCCCCCCC[N+](C)(C)CCCCCCC.CCCCCCCCC[N+](C)(C)CCCCCCC.CCCCCCCCC[N+](C)(C)CCCCCCC.O=P([O-])([O-])[O-]. The van der Waals surface area contributed by atoms with Crippen molar-refractivity contribution in [1.29, 1.82) is 0 Å². The van der Waals surface area contributed by atoms with Crippen LogP contribution >= 0.6 is 7.82 Å². The van der Waals surface area contributed by atoms with Crippen LogP contribution in [0.25, 0.3) is 0 Å². The number of hydrogen-bond donors (Lipinski definition) is 0.